The molecule has 1 unspecified atom stereocenters. The molecule has 2 amide bonds. The van der Waals surface area contributed by atoms with Crippen molar-refractivity contribution in [2.45, 2.75) is 112 Å². The average molecular weight is 591 g/mol. The molecule has 43 heavy (non-hydrogen) atoms. The molecule has 1 aliphatic heterocycles. The van der Waals surface area contributed by atoms with E-state index in [1.54, 1.807) is 6.07 Å². The molecule has 3 aliphatic rings. The summed E-state index contributed by atoms with van der Waals surface area (Å²) in [7, 11) is 0. The first-order valence-corrected chi connectivity index (χ1v) is 16.3. The Hall–Kier alpha value is -3.42. The molecule has 2 aliphatic carbocycles. The van der Waals surface area contributed by atoms with Crippen LogP contribution in [0.1, 0.15) is 112 Å². The second-order valence-electron chi connectivity index (χ2n) is 13.1. The minimum absolute atomic E-state index is 0.0444. The van der Waals surface area contributed by atoms with Crippen LogP contribution < -0.4 is 10.2 Å². The zero-order valence-corrected chi connectivity index (χ0v) is 27.2. The SMILES string of the molecule is CCCCC(CC)C(=O)Nc1cc(N(CC)CC)ccc1C1=C(O)/C(=C2/C(=O)N(C(C)(C)C)N=C2CC2CCCC2)C1=O. The molecule has 8 nitrogen and oxygen atoms in total. The Morgan fingerprint density at radius 3 is 2.30 bits per heavy atom. The van der Waals surface area contributed by atoms with E-state index in [1.807, 2.05) is 39.8 Å². The predicted molar refractivity (Wildman–Crippen MR) is 174 cm³/mol. The van der Waals surface area contributed by atoms with Gasteiger partial charge in [0, 0.05) is 30.3 Å². The van der Waals surface area contributed by atoms with Gasteiger partial charge in [-0.3, -0.25) is 14.4 Å². The molecular weight excluding hydrogens is 540 g/mol. The first-order chi connectivity index (χ1) is 20.5. The number of carbonyl (C=O) groups is 3. The lowest BCUT2D eigenvalue weighted by atomic mass is 9.78. The van der Waals surface area contributed by atoms with Crippen molar-refractivity contribution in [3.63, 3.8) is 0 Å². The van der Waals surface area contributed by atoms with Gasteiger partial charge in [0.05, 0.1) is 33.7 Å². The first-order valence-electron chi connectivity index (χ1n) is 16.3. The number of ketones is 1. The summed E-state index contributed by atoms with van der Waals surface area (Å²) in [5.41, 5.74) is 2.31. The van der Waals surface area contributed by atoms with Crippen LogP contribution in [0.25, 0.3) is 5.57 Å². The second-order valence-corrected chi connectivity index (χ2v) is 13.1. The van der Waals surface area contributed by atoms with E-state index < -0.39 is 5.54 Å². The maximum Gasteiger partial charge on any atom is 0.277 e. The molecule has 1 saturated carbocycles. The van der Waals surface area contributed by atoms with Gasteiger partial charge in [-0.05, 0) is 78.0 Å². The Morgan fingerprint density at radius 2 is 1.74 bits per heavy atom. The fourth-order valence-corrected chi connectivity index (χ4v) is 6.51. The fraction of sp³-hybridized carbons (Fsp3) is 0.600. The van der Waals surface area contributed by atoms with Crippen LogP contribution in [0.4, 0.5) is 11.4 Å². The number of hydrogen-bond donors (Lipinski definition) is 2. The topological polar surface area (TPSA) is 102 Å². The van der Waals surface area contributed by atoms with Crippen LogP contribution in [0.2, 0.25) is 0 Å². The van der Waals surface area contributed by atoms with Gasteiger partial charge in [-0.15, -0.1) is 0 Å². The van der Waals surface area contributed by atoms with Gasteiger partial charge in [0.2, 0.25) is 11.7 Å². The fourth-order valence-electron chi connectivity index (χ4n) is 6.51. The summed E-state index contributed by atoms with van der Waals surface area (Å²) in [5.74, 6) is -0.751. The van der Waals surface area contributed by atoms with Gasteiger partial charge in [-0.2, -0.15) is 5.10 Å². The molecule has 1 aromatic carbocycles. The van der Waals surface area contributed by atoms with E-state index in [2.05, 4.69) is 31.0 Å². The number of allylic oxidation sites excluding steroid dienone is 2. The van der Waals surface area contributed by atoms with Crippen molar-refractivity contribution >= 4 is 40.3 Å². The largest absolute Gasteiger partial charge is 0.506 e. The quantitative estimate of drug-likeness (QED) is 0.247. The number of rotatable bonds is 12. The molecule has 0 aromatic heterocycles. The first kappa shape index (κ1) is 32.5. The number of amides is 2. The molecule has 8 heteroatoms. The maximum atomic E-state index is 13.9. The van der Waals surface area contributed by atoms with E-state index in [1.165, 1.54) is 5.01 Å². The van der Waals surface area contributed by atoms with Crippen molar-refractivity contribution < 1.29 is 19.5 Å². The summed E-state index contributed by atoms with van der Waals surface area (Å²) in [6, 6.07) is 5.60. The highest BCUT2D eigenvalue weighted by molar-refractivity contribution is 6.44. The molecule has 0 bridgehead atoms. The highest BCUT2D eigenvalue weighted by atomic mass is 16.3. The summed E-state index contributed by atoms with van der Waals surface area (Å²) >= 11 is 0. The highest BCUT2D eigenvalue weighted by Gasteiger charge is 2.46. The number of hydrogen-bond acceptors (Lipinski definition) is 6. The van der Waals surface area contributed by atoms with Gasteiger partial charge in [-0.25, -0.2) is 5.01 Å². The minimum atomic E-state index is -0.569. The van der Waals surface area contributed by atoms with E-state index in [4.69, 9.17) is 5.10 Å². The van der Waals surface area contributed by atoms with Gasteiger partial charge in [-0.1, -0.05) is 52.4 Å². The van der Waals surface area contributed by atoms with Crippen LogP contribution in [0.15, 0.2) is 40.2 Å². The van der Waals surface area contributed by atoms with E-state index in [-0.39, 0.29) is 46.0 Å². The maximum absolute atomic E-state index is 13.9. The lowest BCUT2D eigenvalue weighted by Crippen LogP contribution is -2.40. The number of benzene rings is 1. The van der Waals surface area contributed by atoms with Crippen molar-refractivity contribution in [3.05, 3.63) is 40.7 Å². The molecular formula is C35H50N4O4. The summed E-state index contributed by atoms with van der Waals surface area (Å²) in [5, 5.41) is 20.8. The van der Waals surface area contributed by atoms with Crippen molar-refractivity contribution in [2.24, 2.45) is 16.9 Å². The zero-order valence-electron chi connectivity index (χ0n) is 27.2. The molecule has 1 atom stereocenters. The third kappa shape index (κ3) is 6.58. The van der Waals surface area contributed by atoms with Crippen molar-refractivity contribution in [1.82, 2.24) is 5.01 Å². The van der Waals surface area contributed by atoms with E-state index in [0.717, 1.165) is 70.1 Å². The molecule has 1 heterocycles. The molecule has 0 radical (unpaired) electrons. The van der Waals surface area contributed by atoms with Crippen molar-refractivity contribution in [3.8, 4) is 0 Å². The number of nitrogens with one attached hydrogen (secondary N) is 1. The van der Waals surface area contributed by atoms with Gasteiger partial charge in [0.1, 0.15) is 5.76 Å². The monoisotopic (exact) mass is 590 g/mol. The number of hydrazone groups is 1. The Morgan fingerprint density at radius 1 is 1.07 bits per heavy atom. The molecule has 1 fully saturated rings. The normalized spacial score (nSPS) is 20.1. The van der Waals surface area contributed by atoms with Crippen LogP contribution in [0.5, 0.6) is 0 Å². The number of aliphatic hydroxyl groups is 1. The van der Waals surface area contributed by atoms with Gasteiger partial charge in [0.15, 0.2) is 0 Å². The lowest BCUT2D eigenvalue weighted by molar-refractivity contribution is -0.130. The van der Waals surface area contributed by atoms with Gasteiger partial charge < -0.3 is 15.3 Å². The van der Waals surface area contributed by atoms with E-state index >= 15 is 0 Å². The van der Waals surface area contributed by atoms with Gasteiger partial charge in [0.25, 0.3) is 5.91 Å². The smallest absolute Gasteiger partial charge is 0.277 e. The van der Waals surface area contributed by atoms with Crippen LogP contribution >= 0.6 is 0 Å². The summed E-state index contributed by atoms with van der Waals surface area (Å²) in [6.45, 7) is 15.6. The molecule has 234 valence electrons. The third-order valence-electron chi connectivity index (χ3n) is 9.11. The minimum Gasteiger partial charge on any atom is -0.506 e. The summed E-state index contributed by atoms with van der Waals surface area (Å²) in [6.07, 6.45) is 8.56. The lowest BCUT2D eigenvalue weighted by Gasteiger charge is -2.29. The van der Waals surface area contributed by atoms with Crippen LogP contribution in [-0.4, -0.2) is 52.1 Å². The van der Waals surface area contributed by atoms with E-state index in [9.17, 15) is 19.5 Å². The Labute approximate surface area is 257 Å². The number of Topliss-reactive ketones (excluding diaryl/α,β-unsaturated/α-hetero) is 1. The molecule has 4 rings (SSSR count). The summed E-state index contributed by atoms with van der Waals surface area (Å²) < 4.78 is 0. The standard InChI is InChI=1S/C35H50N4O4/c1-8-12-17-23(9-2)33(42)36-26-21-24(38(10-3)11-4)18-19-25(26)28-31(40)30(32(28)41)29-27(20-22-15-13-14-16-22)37-39(34(29)43)35(5,6)7/h18-19,21-23,40H,8-17,20H2,1-7H3,(H,36,42)/b30-29-. The average Bonchev–Trinajstić information content (AvgIpc) is 3.59. The van der Waals surface area contributed by atoms with Crippen LogP contribution in [0.3, 0.4) is 0 Å². The van der Waals surface area contributed by atoms with Crippen LogP contribution in [0, 0.1) is 11.8 Å². The number of nitrogens with zero attached hydrogens (tertiary/aromatic N) is 3. The number of carbonyl (C=O) groups excluding carboxylic acids is 3. The highest BCUT2D eigenvalue weighted by Crippen LogP contribution is 2.44. The molecule has 2 N–H and O–H groups in total. The number of unbranched alkanes of at least 4 members (excludes halogenated alkanes) is 1. The summed E-state index contributed by atoms with van der Waals surface area (Å²) in [4.78, 5) is 43.2. The van der Waals surface area contributed by atoms with Crippen LogP contribution in [-0.2, 0) is 14.4 Å². The third-order valence-corrected chi connectivity index (χ3v) is 9.11. The Bertz CT molecular complexity index is 1340. The predicted octanol–water partition coefficient (Wildman–Crippen LogP) is 7.41. The van der Waals surface area contributed by atoms with Crippen molar-refractivity contribution in [2.75, 3.05) is 23.3 Å². The van der Waals surface area contributed by atoms with E-state index in [0.29, 0.717) is 29.3 Å². The van der Waals surface area contributed by atoms with Gasteiger partial charge >= 0.3 is 0 Å². The van der Waals surface area contributed by atoms with Crippen molar-refractivity contribution in [1.29, 1.82) is 0 Å². The second kappa shape index (κ2) is 13.5. The number of aliphatic hydroxyl groups excluding tert-OH is 1. The Balaban J connectivity index is 1.78. The Kier molecular flexibility index (Phi) is 10.2. The molecule has 1 aromatic rings. The molecule has 0 saturated heterocycles. The zero-order chi connectivity index (χ0) is 31.5. The molecule has 0 spiro atoms. The number of anilines is 2.